The molecule has 5 heteroatoms. The van der Waals surface area contributed by atoms with Crippen LogP contribution in [0, 0.1) is 20.8 Å². The number of carbonyl (C=O) groups excluding carboxylic acids is 1. The van der Waals surface area contributed by atoms with Crippen LogP contribution in [0.5, 0.6) is 5.75 Å². The van der Waals surface area contributed by atoms with Crippen molar-refractivity contribution in [3.8, 4) is 5.75 Å². The number of aromatic hydroxyl groups is 1. The van der Waals surface area contributed by atoms with Gasteiger partial charge in [0.2, 0.25) is 5.91 Å². The summed E-state index contributed by atoms with van der Waals surface area (Å²) in [6, 6.07) is 11.0. The Balaban J connectivity index is 1.66. The highest BCUT2D eigenvalue weighted by atomic mass is 16.3. The lowest BCUT2D eigenvalue weighted by Crippen LogP contribution is -2.39. The summed E-state index contributed by atoms with van der Waals surface area (Å²) in [5.41, 5.74) is 11.1. The average molecular weight is 325 g/mol. The Morgan fingerprint density at radius 1 is 1.08 bits per heavy atom. The Hall–Kier alpha value is -2.37. The van der Waals surface area contributed by atoms with Gasteiger partial charge in [-0.2, -0.15) is 0 Å². The second kappa shape index (κ2) is 6.63. The molecule has 126 valence electrons. The molecule has 1 saturated heterocycles. The van der Waals surface area contributed by atoms with Crippen LogP contribution in [0.2, 0.25) is 0 Å². The molecule has 0 bridgehead atoms. The molecule has 2 unspecified atom stereocenters. The van der Waals surface area contributed by atoms with Crippen molar-refractivity contribution in [1.82, 2.24) is 10.9 Å². The summed E-state index contributed by atoms with van der Waals surface area (Å²) in [5.74, 6) is 0.171. The summed E-state index contributed by atoms with van der Waals surface area (Å²) < 4.78 is 0. The number of anilines is 1. The lowest BCUT2D eigenvalue weighted by molar-refractivity contribution is -0.117. The van der Waals surface area contributed by atoms with Crippen LogP contribution in [0.25, 0.3) is 0 Å². The van der Waals surface area contributed by atoms with Gasteiger partial charge in [-0.15, -0.1) is 0 Å². The van der Waals surface area contributed by atoms with E-state index in [0.29, 0.717) is 6.42 Å². The molecule has 0 saturated carbocycles. The van der Waals surface area contributed by atoms with Crippen molar-refractivity contribution in [3.05, 3.63) is 58.7 Å². The molecule has 1 aliphatic rings. The first kappa shape index (κ1) is 16.5. The maximum atomic E-state index is 12.5. The molecule has 0 spiro atoms. The van der Waals surface area contributed by atoms with E-state index in [0.717, 1.165) is 22.4 Å². The molecule has 24 heavy (non-hydrogen) atoms. The van der Waals surface area contributed by atoms with Crippen molar-refractivity contribution < 1.29 is 9.90 Å². The summed E-state index contributed by atoms with van der Waals surface area (Å²) in [6.07, 6.45) is 0.577. The molecule has 4 N–H and O–H groups in total. The zero-order valence-electron chi connectivity index (χ0n) is 14.2. The van der Waals surface area contributed by atoms with Crippen molar-refractivity contribution >= 4 is 11.6 Å². The van der Waals surface area contributed by atoms with Gasteiger partial charge in [-0.3, -0.25) is 4.79 Å². The van der Waals surface area contributed by atoms with E-state index < -0.39 is 0 Å². The van der Waals surface area contributed by atoms with E-state index in [-0.39, 0.29) is 23.7 Å². The summed E-state index contributed by atoms with van der Waals surface area (Å²) in [5, 5.41) is 13.0. The maximum absolute atomic E-state index is 12.5. The second-order valence-corrected chi connectivity index (χ2v) is 6.48. The third-order valence-corrected chi connectivity index (χ3v) is 4.56. The number of rotatable bonds is 3. The molecule has 2 aromatic carbocycles. The standard InChI is InChI=1S/C19H23N3O2/c1-11-4-7-15(18(23)8-11)16-10-17(22-21-16)19(24)20-14-6-5-12(2)13(3)9-14/h4-9,16-17,21-23H,10H2,1-3H3,(H,20,24). The SMILES string of the molecule is Cc1ccc(C2CC(C(=O)Nc3ccc(C)c(C)c3)NN2)c(O)c1. The Morgan fingerprint density at radius 3 is 2.58 bits per heavy atom. The number of amides is 1. The molecule has 5 nitrogen and oxygen atoms in total. The molecule has 0 aromatic heterocycles. The molecule has 1 heterocycles. The molecular formula is C19H23N3O2. The van der Waals surface area contributed by atoms with Gasteiger partial charge in [0.15, 0.2) is 0 Å². The van der Waals surface area contributed by atoms with Crippen molar-refractivity contribution in [2.24, 2.45) is 0 Å². The van der Waals surface area contributed by atoms with Crippen molar-refractivity contribution in [1.29, 1.82) is 0 Å². The minimum Gasteiger partial charge on any atom is -0.508 e. The summed E-state index contributed by atoms with van der Waals surface area (Å²) in [6.45, 7) is 6.00. The topological polar surface area (TPSA) is 73.4 Å². The Kier molecular flexibility index (Phi) is 4.55. The van der Waals surface area contributed by atoms with Gasteiger partial charge in [-0.1, -0.05) is 18.2 Å². The first-order chi connectivity index (χ1) is 11.4. The number of nitrogens with one attached hydrogen (secondary N) is 3. The molecule has 2 aromatic rings. The van der Waals surface area contributed by atoms with Crippen LogP contribution in [0.15, 0.2) is 36.4 Å². The smallest absolute Gasteiger partial charge is 0.242 e. The number of phenolic OH excluding ortho intramolecular Hbond substituents is 1. The van der Waals surface area contributed by atoms with Crippen LogP contribution in [-0.2, 0) is 4.79 Å². The number of aryl methyl sites for hydroxylation is 3. The highest BCUT2D eigenvalue weighted by molar-refractivity contribution is 5.95. The van der Waals surface area contributed by atoms with Gasteiger partial charge in [-0.05, 0) is 62.1 Å². The maximum Gasteiger partial charge on any atom is 0.242 e. The largest absolute Gasteiger partial charge is 0.508 e. The van der Waals surface area contributed by atoms with Gasteiger partial charge in [-0.25, -0.2) is 10.9 Å². The average Bonchev–Trinajstić information content (AvgIpc) is 3.01. The summed E-state index contributed by atoms with van der Waals surface area (Å²) in [4.78, 5) is 12.5. The number of hydrazine groups is 1. The van der Waals surface area contributed by atoms with Crippen LogP contribution < -0.4 is 16.2 Å². The van der Waals surface area contributed by atoms with E-state index in [4.69, 9.17) is 0 Å². The van der Waals surface area contributed by atoms with Crippen molar-refractivity contribution in [3.63, 3.8) is 0 Å². The predicted molar refractivity (Wildman–Crippen MR) is 94.8 cm³/mol. The van der Waals surface area contributed by atoms with Crippen molar-refractivity contribution in [2.75, 3.05) is 5.32 Å². The molecule has 1 fully saturated rings. The minimum atomic E-state index is -0.350. The van der Waals surface area contributed by atoms with Crippen LogP contribution >= 0.6 is 0 Å². The third kappa shape index (κ3) is 3.42. The van der Waals surface area contributed by atoms with Crippen molar-refractivity contribution in [2.45, 2.75) is 39.3 Å². The van der Waals surface area contributed by atoms with E-state index in [1.165, 1.54) is 5.56 Å². The lowest BCUT2D eigenvalue weighted by atomic mass is 9.99. The van der Waals surface area contributed by atoms with E-state index in [2.05, 4.69) is 16.2 Å². The fourth-order valence-corrected chi connectivity index (χ4v) is 2.93. The quantitative estimate of drug-likeness (QED) is 0.700. The van der Waals surface area contributed by atoms with Crippen LogP contribution in [-0.4, -0.2) is 17.1 Å². The first-order valence-electron chi connectivity index (χ1n) is 8.12. The molecule has 0 aliphatic carbocycles. The number of carbonyl (C=O) groups is 1. The number of phenols is 1. The number of hydrogen-bond donors (Lipinski definition) is 4. The van der Waals surface area contributed by atoms with Crippen LogP contribution in [0.3, 0.4) is 0 Å². The number of benzene rings is 2. The Labute approximate surface area is 142 Å². The third-order valence-electron chi connectivity index (χ3n) is 4.56. The van der Waals surface area contributed by atoms with Gasteiger partial charge in [0.25, 0.3) is 0 Å². The first-order valence-corrected chi connectivity index (χ1v) is 8.12. The normalized spacial score (nSPS) is 20.1. The van der Waals surface area contributed by atoms with Gasteiger partial charge in [0.05, 0.1) is 6.04 Å². The summed E-state index contributed by atoms with van der Waals surface area (Å²) >= 11 is 0. The Morgan fingerprint density at radius 2 is 1.88 bits per heavy atom. The minimum absolute atomic E-state index is 0.0835. The fraction of sp³-hybridized carbons (Fsp3) is 0.316. The molecule has 1 aliphatic heterocycles. The monoisotopic (exact) mass is 325 g/mol. The van der Waals surface area contributed by atoms with E-state index in [9.17, 15) is 9.90 Å². The van der Waals surface area contributed by atoms with Crippen LogP contribution in [0.4, 0.5) is 5.69 Å². The number of hydrogen-bond acceptors (Lipinski definition) is 4. The van der Waals surface area contributed by atoms with E-state index >= 15 is 0 Å². The van der Waals surface area contributed by atoms with Gasteiger partial charge in [0, 0.05) is 11.3 Å². The highest BCUT2D eigenvalue weighted by Gasteiger charge is 2.31. The molecular weight excluding hydrogens is 302 g/mol. The predicted octanol–water partition coefficient (Wildman–Crippen LogP) is 2.86. The van der Waals surface area contributed by atoms with Crippen LogP contribution in [0.1, 0.15) is 34.7 Å². The second-order valence-electron chi connectivity index (χ2n) is 6.48. The summed E-state index contributed by atoms with van der Waals surface area (Å²) in [7, 11) is 0. The molecule has 2 atom stereocenters. The van der Waals surface area contributed by atoms with E-state index in [1.807, 2.05) is 51.1 Å². The lowest BCUT2D eigenvalue weighted by Gasteiger charge is -2.13. The Bertz CT molecular complexity index is 773. The zero-order chi connectivity index (χ0) is 17.3. The molecule has 0 radical (unpaired) electrons. The molecule has 1 amide bonds. The van der Waals surface area contributed by atoms with Gasteiger partial charge < -0.3 is 10.4 Å². The molecule has 3 rings (SSSR count). The highest BCUT2D eigenvalue weighted by Crippen LogP contribution is 2.30. The zero-order valence-corrected chi connectivity index (χ0v) is 14.2. The van der Waals surface area contributed by atoms with Gasteiger partial charge in [0.1, 0.15) is 11.8 Å². The fourth-order valence-electron chi connectivity index (χ4n) is 2.93. The van der Waals surface area contributed by atoms with Gasteiger partial charge >= 0.3 is 0 Å². The van der Waals surface area contributed by atoms with E-state index in [1.54, 1.807) is 6.07 Å².